The van der Waals surface area contributed by atoms with E-state index in [1.807, 2.05) is 37.3 Å². The van der Waals surface area contributed by atoms with E-state index < -0.39 is 16.1 Å². The Hall–Kier alpha value is -3.53. The van der Waals surface area contributed by atoms with E-state index in [1.165, 1.54) is 6.07 Å². The fourth-order valence-corrected chi connectivity index (χ4v) is 4.81. The van der Waals surface area contributed by atoms with Crippen LogP contribution in [0, 0.1) is 0 Å². The molecule has 0 saturated heterocycles. The lowest BCUT2D eigenvalue weighted by molar-refractivity contribution is -0.117. The SMILES string of the molecule is CCc1cc(-c2ccccc2S(N)(=O)=O)ccc1NC(=O)C1CC=NN1c1cccc(CN)c1. The summed E-state index contributed by atoms with van der Waals surface area (Å²) in [5.74, 6) is -0.178. The van der Waals surface area contributed by atoms with Gasteiger partial charge in [0.1, 0.15) is 6.04 Å². The molecule has 8 nitrogen and oxygen atoms in total. The number of hydrogen-bond acceptors (Lipinski definition) is 6. The van der Waals surface area contributed by atoms with Crippen LogP contribution in [0.3, 0.4) is 0 Å². The minimum Gasteiger partial charge on any atom is -0.326 e. The molecule has 0 radical (unpaired) electrons. The number of sulfonamides is 1. The zero-order chi connectivity index (χ0) is 24.3. The van der Waals surface area contributed by atoms with E-state index in [1.54, 1.807) is 41.6 Å². The molecule has 5 N–H and O–H groups in total. The molecule has 0 spiro atoms. The van der Waals surface area contributed by atoms with Crippen molar-refractivity contribution in [3.05, 3.63) is 77.9 Å². The van der Waals surface area contributed by atoms with Crippen molar-refractivity contribution >= 4 is 33.5 Å². The smallest absolute Gasteiger partial charge is 0.249 e. The third-order valence-corrected chi connectivity index (χ3v) is 6.76. The zero-order valence-electron chi connectivity index (χ0n) is 18.8. The van der Waals surface area contributed by atoms with Crippen molar-refractivity contribution < 1.29 is 13.2 Å². The third-order valence-electron chi connectivity index (χ3n) is 5.79. The summed E-state index contributed by atoms with van der Waals surface area (Å²) in [4.78, 5) is 13.3. The quantitative estimate of drug-likeness (QED) is 0.481. The molecule has 1 aliphatic rings. The van der Waals surface area contributed by atoms with Crippen molar-refractivity contribution in [2.24, 2.45) is 16.0 Å². The van der Waals surface area contributed by atoms with E-state index in [0.29, 0.717) is 36.2 Å². The molecule has 0 fully saturated rings. The highest BCUT2D eigenvalue weighted by Gasteiger charge is 2.30. The average molecular weight is 478 g/mol. The average Bonchev–Trinajstić information content (AvgIpc) is 3.34. The molecule has 176 valence electrons. The number of carbonyl (C=O) groups excluding carboxylic acids is 1. The van der Waals surface area contributed by atoms with Crippen LogP contribution >= 0.6 is 0 Å². The molecule has 0 bridgehead atoms. The van der Waals surface area contributed by atoms with Gasteiger partial charge in [0.2, 0.25) is 15.9 Å². The number of amides is 1. The Morgan fingerprint density at radius 2 is 1.91 bits per heavy atom. The fraction of sp³-hybridized carbons (Fsp3) is 0.200. The summed E-state index contributed by atoms with van der Waals surface area (Å²) in [7, 11) is -3.88. The molecule has 4 rings (SSSR count). The predicted octanol–water partition coefficient (Wildman–Crippen LogP) is 3.23. The highest BCUT2D eigenvalue weighted by atomic mass is 32.2. The molecule has 1 aliphatic heterocycles. The lowest BCUT2D eigenvalue weighted by Gasteiger charge is -2.24. The first-order valence-corrected chi connectivity index (χ1v) is 12.5. The fourth-order valence-electron chi connectivity index (χ4n) is 4.05. The largest absolute Gasteiger partial charge is 0.326 e. The van der Waals surface area contributed by atoms with Crippen LogP contribution in [0.5, 0.6) is 0 Å². The van der Waals surface area contributed by atoms with Crippen LogP contribution in [-0.2, 0) is 27.8 Å². The minimum atomic E-state index is -3.88. The maximum Gasteiger partial charge on any atom is 0.249 e. The lowest BCUT2D eigenvalue weighted by atomic mass is 10.00. The van der Waals surface area contributed by atoms with Crippen LogP contribution in [0.15, 0.2) is 76.7 Å². The van der Waals surface area contributed by atoms with Crippen molar-refractivity contribution in [1.82, 2.24) is 0 Å². The van der Waals surface area contributed by atoms with Gasteiger partial charge in [0, 0.05) is 30.4 Å². The molecule has 1 unspecified atom stereocenters. The van der Waals surface area contributed by atoms with Gasteiger partial charge in [-0.2, -0.15) is 5.10 Å². The Labute approximate surface area is 199 Å². The van der Waals surface area contributed by atoms with Crippen molar-refractivity contribution in [3.63, 3.8) is 0 Å². The van der Waals surface area contributed by atoms with Gasteiger partial charge >= 0.3 is 0 Å². The first kappa shape index (κ1) is 23.6. The second kappa shape index (κ2) is 9.76. The van der Waals surface area contributed by atoms with Gasteiger partial charge < -0.3 is 11.1 Å². The monoisotopic (exact) mass is 477 g/mol. The van der Waals surface area contributed by atoms with Crippen molar-refractivity contribution in [1.29, 1.82) is 0 Å². The molecule has 3 aromatic carbocycles. The zero-order valence-corrected chi connectivity index (χ0v) is 19.6. The second-order valence-electron chi connectivity index (χ2n) is 8.02. The number of carbonyl (C=O) groups is 1. The number of primary sulfonamides is 1. The summed E-state index contributed by atoms with van der Waals surface area (Å²) in [6.45, 7) is 2.38. The van der Waals surface area contributed by atoms with Crippen molar-refractivity contribution in [2.75, 3.05) is 10.3 Å². The second-order valence-corrected chi connectivity index (χ2v) is 9.55. The number of nitrogens with zero attached hydrogens (tertiary/aromatic N) is 2. The van der Waals surface area contributed by atoms with Crippen molar-refractivity contribution in [3.8, 4) is 11.1 Å². The first-order valence-electron chi connectivity index (χ1n) is 11.0. The van der Waals surface area contributed by atoms with Crippen LogP contribution in [0.25, 0.3) is 11.1 Å². The molecule has 9 heteroatoms. The third kappa shape index (κ3) is 4.86. The molecule has 1 heterocycles. The van der Waals surface area contributed by atoms with Gasteiger partial charge in [-0.1, -0.05) is 43.3 Å². The van der Waals surface area contributed by atoms with Gasteiger partial charge in [-0.3, -0.25) is 9.80 Å². The van der Waals surface area contributed by atoms with Gasteiger partial charge in [-0.25, -0.2) is 13.6 Å². The number of aryl methyl sites for hydroxylation is 1. The molecule has 34 heavy (non-hydrogen) atoms. The van der Waals surface area contributed by atoms with Crippen molar-refractivity contribution in [2.45, 2.75) is 37.2 Å². The van der Waals surface area contributed by atoms with Gasteiger partial charge in [-0.15, -0.1) is 0 Å². The number of anilines is 2. The summed E-state index contributed by atoms with van der Waals surface area (Å²) in [6, 6.07) is 19.2. The first-order chi connectivity index (χ1) is 16.3. The summed E-state index contributed by atoms with van der Waals surface area (Å²) in [6.07, 6.45) is 2.86. The van der Waals surface area contributed by atoms with E-state index in [9.17, 15) is 13.2 Å². The maximum atomic E-state index is 13.2. The van der Waals surface area contributed by atoms with E-state index in [0.717, 1.165) is 16.8 Å². The van der Waals surface area contributed by atoms with Gasteiger partial charge in [0.25, 0.3) is 0 Å². The highest BCUT2D eigenvalue weighted by molar-refractivity contribution is 7.89. The van der Waals surface area contributed by atoms with Gasteiger partial charge in [0.15, 0.2) is 0 Å². The Morgan fingerprint density at radius 3 is 2.65 bits per heavy atom. The minimum absolute atomic E-state index is 0.0623. The summed E-state index contributed by atoms with van der Waals surface area (Å²) in [5.41, 5.74) is 10.3. The van der Waals surface area contributed by atoms with Crippen LogP contribution < -0.4 is 21.2 Å². The normalized spacial score (nSPS) is 15.5. The lowest BCUT2D eigenvalue weighted by Crippen LogP contribution is -2.38. The van der Waals surface area contributed by atoms with E-state index in [2.05, 4.69) is 10.4 Å². The Morgan fingerprint density at radius 1 is 1.12 bits per heavy atom. The number of nitrogens with one attached hydrogen (secondary N) is 1. The number of benzene rings is 3. The van der Waals surface area contributed by atoms with Crippen LogP contribution in [0.1, 0.15) is 24.5 Å². The summed E-state index contributed by atoms with van der Waals surface area (Å²) >= 11 is 0. The van der Waals surface area contributed by atoms with Crippen LogP contribution in [-0.4, -0.2) is 26.6 Å². The molecule has 0 aromatic heterocycles. The molecular formula is C25H27N5O3S. The molecule has 0 aliphatic carbocycles. The molecule has 3 aromatic rings. The number of nitrogens with two attached hydrogens (primary N) is 2. The maximum absolute atomic E-state index is 13.2. The van der Waals surface area contributed by atoms with Gasteiger partial charge in [-0.05, 0) is 53.4 Å². The van der Waals surface area contributed by atoms with Crippen LogP contribution in [0.4, 0.5) is 11.4 Å². The molecule has 1 atom stereocenters. The highest BCUT2D eigenvalue weighted by Crippen LogP contribution is 2.31. The summed E-state index contributed by atoms with van der Waals surface area (Å²) < 4.78 is 24.1. The Bertz CT molecular complexity index is 1350. The van der Waals surface area contributed by atoms with Crippen LogP contribution in [0.2, 0.25) is 0 Å². The van der Waals surface area contributed by atoms with E-state index in [-0.39, 0.29) is 10.8 Å². The van der Waals surface area contributed by atoms with Gasteiger partial charge in [0.05, 0.1) is 10.6 Å². The Balaban J connectivity index is 1.60. The van der Waals surface area contributed by atoms with E-state index in [4.69, 9.17) is 10.9 Å². The standard InChI is InChI=1S/C25H27N5O3S/c1-2-18-15-19(21-8-3-4-9-24(21)34(27,32)33)10-11-22(18)29-25(31)23-12-13-28-30(23)20-7-5-6-17(14-20)16-26/h3-11,13-15,23H,2,12,16,26H2,1H3,(H,29,31)(H2,27,32,33). The molecule has 1 amide bonds. The van der Waals surface area contributed by atoms with E-state index >= 15 is 0 Å². The summed E-state index contributed by atoms with van der Waals surface area (Å²) in [5, 5.41) is 14.5. The number of hydrazone groups is 1. The predicted molar refractivity (Wildman–Crippen MR) is 135 cm³/mol. The number of hydrogen-bond donors (Lipinski definition) is 3. The topological polar surface area (TPSA) is 131 Å². The molecular weight excluding hydrogens is 450 g/mol. The Kier molecular flexibility index (Phi) is 6.78. The number of rotatable bonds is 7. The molecule has 0 saturated carbocycles.